The van der Waals surface area contributed by atoms with Gasteiger partial charge in [-0.2, -0.15) is 0 Å². The van der Waals surface area contributed by atoms with E-state index < -0.39 is 0 Å². The zero-order valence-electron chi connectivity index (χ0n) is 28.4. The van der Waals surface area contributed by atoms with Gasteiger partial charge in [0.15, 0.2) is 0 Å². The SMILES string of the molecule is CC1(C)c2ccccc2-c2ccc(N(c3cccc4ccccc34)c3cccc4c5ccc6oc7ccccc7c6c5c5ccccc5c34)cc21. The predicted octanol–water partition coefficient (Wildman–Crippen LogP) is 14.0. The van der Waals surface area contributed by atoms with Gasteiger partial charge in [-0.15, -0.1) is 0 Å². The van der Waals surface area contributed by atoms with Crippen LogP contribution in [0.2, 0.25) is 0 Å². The Morgan fingerprint density at radius 2 is 1.02 bits per heavy atom. The normalized spacial score (nSPS) is 13.5. The number of benzene rings is 9. The van der Waals surface area contributed by atoms with Crippen LogP contribution in [0.4, 0.5) is 17.1 Å². The van der Waals surface area contributed by atoms with E-state index in [-0.39, 0.29) is 5.41 Å². The van der Waals surface area contributed by atoms with Gasteiger partial charge >= 0.3 is 0 Å². The predicted molar refractivity (Wildman–Crippen MR) is 216 cm³/mol. The molecule has 0 radical (unpaired) electrons. The van der Waals surface area contributed by atoms with Crippen LogP contribution in [0.5, 0.6) is 0 Å². The van der Waals surface area contributed by atoms with Crippen LogP contribution >= 0.6 is 0 Å². The highest BCUT2D eigenvalue weighted by Crippen LogP contribution is 2.52. The maximum absolute atomic E-state index is 6.41. The molecule has 0 spiro atoms. The van der Waals surface area contributed by atoms with Gasteiger partial charge in [0.1, 0.15) is 11.2 Å². The lowest BCUT2D eigenvalue weighted by molar-refractivity contribution is 0.660. The molecule has 11 rings (SSSR count). The van der Waals surface area contributed by atoms with E-state index in [4.69, 9.17) is 4.42 Å². The molecule has 1 aliphatic rings. The number of nitrogens with zero attached hydrogens (tertiary/aromatic N) is 1. The van der Waals surface area contributed by atoms with Crippen molar-refractivity contribution in [3.63, 3.8) is 0 Å². The molecule has 0 amide bonds. The molecule has 0 fully saturated rings. The van der Waals surface area contributed by atoms with Crippen LogP contribution in [0, 0.1) is 0 Å². The van der Waals surface area contributed by atoms with Crippen LogP contribution in [0.1, 0.15) is 25.0 Å². The van der Waals surface area contributed by atoms with E-state index in [9.17, 15) is 0 Å². The molecule has 0 atom stereocenters. The molecule has 0 unspecified atom stereocenters. The average Bonchev–Trinajstić information content (AvgIpc) is 3.67. The van der Waals surface area contributed by atoms with Crippen molar-refractivity contribution in [3.05, 3.63) is 175 Å². The summed E-state index contributed by atoms with van der Waals surface area (Å²) in [5, 5.41) is 12.2. The van der Waals surface area contributed by atoms with E-state index in [1.54, 1.807) is 0 Å². The Bertz CT molecular complexity index is 3040. The highest BCUT2D eigenvalue weighted by Gasteiger charge is 2.36. The van der Waals surface area contributed by atoms with Crippen LogP contribution in [-0.2, 0) is 5.41 Å². The van der Waals surface area contributed by atoms with E-state index in [1.165, 1.54) is 70.7 Å². The second kappa shape index (κ2) is 10.3. The molecule has 0 N–H and O–H groups in total. The standard InChI is InChI=1S/C49H33NO/c1-49(2)40-21-9-7-16-33(40)34-26-25-31(29-41(34)49)50(42-22-11-14-30-13-3-4-15-32(30)42)43-23-12-20-36-38-27-28-45-48(39-19-8-10-24-44(39)51-45)47(38)37-18-6-5-17-35(37)46(36)43/h3-29H,1-2H3. The fourth-order valence-corrected chi connectivity index (χ4v) is 9.12. The first kappa shape index (κ1) is 28.5. The highest BCUT2D eigenvalue weighted by atomic mass is 16.3. The molecule has 240 valence electrons. The average molecular weight is 652 g/mol. The molecule has 1 heterocycles. The van der Waals surface area contributed by atoms with Gasteiger partial charge in [0.2, 0.25) is 0 Å². The van der Waals surface area contributed by atoms with Crippen LogP contribution in [0.15, 0.2) is 168 Å². The van der Waals surface area contributed by atoms with Gasteiger partial charge < -0.3 is 9.32 Å². The molecule has 0 bridgehead atoms. The Balaban J connectivity index is 1.27. The zero-order chi connectivity index (χ0) is 33.8. The summed E-state index contributed by atoms with van der Waals surface area (Å²) in [6, 6.07) is 60.0. The van der Waals surface area contributed by atoms with Gasteiger partial charge in [-0.3, -0.25) is 0 Å². The monoisotopic (exact) mass is 651 g/mol. The van der Waals surface area contributed by atoms with Crippen molar-refractivity contribution < 1.29 is 4.42 Å². The van der Waals surface area contributed by atoms with E-state index >= 15 is 0 Å². The zero-order valence-corrected chi connectivity index (χ0v) is 28.4. The third-order valence-electron chi connectivity index (χ3n) is 11.4. The first-order valence-corrected chi connectivity index (χ1v) is 17.8. The molecule has 0 aliphatic heterocycles. The summed E-state index contributed by atoms with van der Waals surface area (Å²) in [5.74, 6) is 0. The van der Waals surface area contributed by atoms with Crippen LogP contribution in [0.3, 0.4) is 0 Å². The molecule has 0 saturated heterocycles. The third-order valence-corrected chi connectivity index (χ3v) is 11.4. The quantitative estimate of drug-likeness (QED) is 0.177. The number of anilines is 3. The summed E-state index contributed by atoms with van der Waals surface area (Å²) in [4.78, 5) is 2.51. The minimum absolute atomic E-state index is 0.118. The third kappa shape index (κ3) is 3.88. The van der Waals surface area contributed by atoms with Gasteiger partial charge in [-0.25, -0.2) is 0 Å². The maximum Gasteiger partial charge on any atom is 0.136 e. The largest absolute Gasteiger partial charge is 0.456 e. The van der Waals surface area contributed by atoms with Gasteiger partial charge in [0, 0.05) is 38.0 Å². The Hall–Kier alpha value is -6.38. The van der Waals surface area contributed by atoms with Crippen molar-refractivity contribution in [2.45, 2.75) is 19.3 Å². The second-order valence-electron chi connectivity index (χ2n) is 14.4. The summed E-state index contributed by atoms with van der Waals surface area (Å²) in [5.41, 5.74) is 10.6. The van der Waals surface area contributed by atoms with E-state index in [0.717, 1.165) is 33.6 Å². The summed E-state index contributed by atoms with van der Waals surface area (Å²) in [7, 11) is 0. The van der Waals surface area contributed by atoms with Gasteiger partial charge in [-0.05, 0) is 91.6 Å². The van der Waals surface area contributed by atoms with E-state index in [2.05, 4.69) is 176 Å². The number of hydrogen-bond donors (Lipinski definition) is 0. The minimum atomic E-state index is -0.118. The second-order valence-corrected chi connectivity index (χ2v) is 14.4. The van der Waals surface area contributed by atoms with Crippen LogP contribution < -0.4 is 4.90 Å². The van der Waals surface area contributed by atoms with Crippen LogP contribution in [0.25, 0.3) is 76.2 Å². The lowest BCUT2D eigenvalue weighted by Crippen LogP contribution is -2.16. The number of rotatable bonds is 3. The molecule has 2 heteroatoms. The number of furan rings is 1. The molecule has 2 nitrogen and oxygen atoms in total. The lowest BCUT2D eigenvalue weighted by atomic mass is 9.82. The van der Waals surface area contributed by atoms with Gasteiger partial charge in [-0.1, -0.05) is 135 Å². The maximum atomic E-state index is 6.41. The van der Waals surface area contributed by atoms with Crippen molar-refractivity contribution in [1.29, 1.82) is 0 Å². The fraction of sp³-hybridized carbons (Fsp3) is 0.0612. The molecule has 1 aromatic heterocycles. The highest BCUT2D eigenvalue weighted by molar-refractivity contribution is 6.36. The van der Waals surface area contributed by atoms with Gasteiger partial charge in [0.25, 0.3) is 0 Å². The molecule has 10 aromatic rings. The first-order valence-electron chi connectivity index (χ1n) is 17.8. The summed E-state index contributed by atoms with van der Waals surface area (Å²) in [6.07, 6.45) is 0. The van der Waals surface area contributed by atoms with E-state index in [0.29, 0.717) is 0 Å². The van der Waals surface area contributed by atoms with Crippen molar-refractivity contribution in [3.8, 4) is 11.1 Å². The summed E-state index contributed by atoms with van der Waals surface area (Å²) < 4.78 is 6.41. The molecule has 9 aromatic carbocycles. The molecule has 51 heavy (non-hydrogen) atoms. The van der Waals surface area contributed by atoms with Crippen molar-refractivity contribution in [2.24, 2.45) is 0 Å². The van der Waals surface area contributed by atoms with Crippen molar-refractivity contribution >= 4 is 82.1 Å². The number of hydrogen-bond acceptors (Lipinski definition) is 2. The Morgan fingerprint density at radius 3 is 1.88 bits per heavy atom. The van der Waals surface area contributed by atoms with Gasteiger partial charge in [0.05, 0.1) is 11.4 Å². The number of para-hydroxylation sites is 1. The minimum Gasteiger partial charge on any atom is -0.456 e. The lowest BCUT2D eigenvalue weighted by Gasteiger charge is -2.30. The van der Waals surface area contributed by atoms with Crippen molar-refractivity contribution in [2.75, 3.05) is 4.90 Å². The molecular formula is C49H33NO. The van der Waals surface area contributed by atoms with Crippen molar-refractivity contribution in [1.82, 2.24) is 0 Å². The summed E-state index contributed by atoms with van der Waals surface area (Å²) in [6.45, 7) is 4.73. The Labute approximate surface area is 295 Å². The molecular weight excluding hydrogens is 619 g/mol. The smallest absolute Gasteiger partial charge is 0.136 e. The topological polar surface area (TPSA) is 16.4 Å². The number of fused-ring (bicyclic) bond motifs is 14. The first-order chi connectivity index (χ1) is 25.1. The summed E-state index contributed by atoms with van der Waals surface area (Å²) >= 11 is 0. The molecule has 0 saturated carbocycles. The Kier molecular flexibility index (Phi) is 5.76. The molecule has 1 aliphatic carbocycles. The van der Waals surface area contributed by atoms with E-state index in [1.807, 2.05) is 6.07 Å². The fourth-order valence-electron chi connectivity index (χ4n) is 9.12. The van der Waals surface area contributed by atoms with Crippen LogP contribution in [-0.4, -0.2) is 0 Å². The Morgan fingerprint density at radius 1 is 0.412 bits per heavy atom.